The van der Waals surface area contributed by atoms with Crippen molar-refractivity contribution in [2.45, 2.75) is 82.8 Å². The smallest absolute Gasteiger partial charge is 0.264 e. The molecule has 0 aliphatic heterocycles. The van der Waals surface area contributed by atoms with Gasteiger partial charge in [0.25, 0.3) is 10.0 Å². The van der Waals surface area contributed by atoms with Crippen LogP contribution in [0.25, 0.3) is 0 Å². The number of carbonyl (C=O) groups is 2. The quantitative estimate of drug-likeness (QED) is 0.315. The van der Waals surface area contributed by atoms with Crippen molar-refractivity contribution in [2.24, 2.45) is 0 Å². The maximum absolute atomic E-state index is 14.2. The minimum atomic E-state index is -4.08. The van der Waals surface area contributed by atoms with Crippen molar-refractivity contribution in [3.05, 3.63) is 95.6 Å². The van der Waals surface area contributed by atoms with Gasteiger partial charge in [-0.15, -0.1) is 0 Å². The number of anilines is 1. The average molecular weight is 576 g/mol. The molecule has 1 saturated carbocycles. The molecule has 41 heavy (non-hydrogen) atoms. The Balaban J connectivity index is 1.68. The number of hydrogen-bond acceptors (Lipinski definition) is 4. The van der Waals surface area contributed by atoms with Gasteiger partial charge in [0.2, 0.25) is 11.8 Å². The summed E-state index contributed by atoms with van der Waals surface area (Å²) in [4.78, 5) is 29.4. The van der Waals surface area contributed by atoms with Gasteiger partial charge in [-0.25, -0.2) is 8.42 Å². The first kappa shape index (κ1) is 30.3. The van der Waals surface area contributed by atoms with Crippen molar-refractivity contribution in [3.63, 3.8) is 0 Å². The van der Waals surface area contributed by atoms with Crippen LogP contribution in [0.2, 0.25) is 0 Å². The third kappa shape index (κ3) is 7.76. The molecule has 8 heteroatoms. The van der Waals surface area contributed by atoms with Gasteiger partial charge in [-0.05, 0) is 62.9 Å². The van der Waals surface area contributed by atoms with Gasteiger partial charge in [0.05, 0.1) is 10.6 Å². The van der Waals surface area contributed by atoms with Crippen LogP contribution in [0.1, 0.15) is 62.1 Å². The molecule has 1 aliphatic carbocycles. The first-order chi connectivity index (χ1) is 19.7. The predicted molar refractivity (Wildman–Crippen MR) is 163 cm³/mol. The van der Waals surface area contributed by atoms with Crippen molar-refractivity contribution in [1.82, 2.24) is 10.2 Å². The van der Waals surface area contributed by atoms with Crippen molar-refractivity contribution in [2.75, 3.05) is 10.8 Å². The molecule has 1 atom stereocenters. The zero-order chi connectivity index (χ0) is 29.4. The molecule has 7 nitrogen and oxygen atoms in total. The molecular formula is C33H41N3O4S. The highest BCUT2D eigenvalue weighted by molar-refractivity contribution is 7.92. The number of sulfonamides is 1. The van der Waals surface area contributed by atoms with Crippen LogP contribution in [0.3, 0.4) is 0 Å². The van der Waals surface area contributed by atoms with Gasteiger partial charge in [-0.1, -0.05) is 91.9 Å². The van der Waals surface area contributed by atoms with Crippen LogP contribution in [0.5, 0.6) is 0 Å². The van der Waals surface area contributed by atoms with Crippen molar-refractivity contribution >= 4 is 27.5 Å². The lowest BCUT2D eigenvalue weighted by molar-refractivity contribution is -0.140. The Labute approximate surface area is 244 Å². The lowest BCUT2D eigenvalue weighted by atomic mass is 9.95. The molecule has 0 unspecified atom stereocenters. The molecule has 0 bridgehead atoms. The third-order valence-electron chi connectivity index (χ3n) is 7.74. The summed E-state index contributed by atoms with van der Waals surface area (Å²) in [6, 6.07) is 22.5. The van der Waals surface area contributed by atoms with Crippen LogP contribution in [-0.2, 0) is 26.2 Å². The van der Waals surface area contributed by atoms with E-state index in [0.717, 1.165) is 46.7 Å². The lowest BCUT2D eigenvalue weighted by Gasteiger charge is -2.34. The normalized spacial score (nSPS) is 14.7. The van der Waals surface area contributed by atoms with Gasteiger partial charge < -0.3 is 10.2 Å². The Hall–Kier alpha value is -3.65. The lowest BCUT2D eigenvalue weighted by Crippen LogP contribution is -2.54. The van der Waals surface area contributed by atoms with E-state index in [9.17, 15) is 18.0 Å². The number of rotatable bonds is 11. The van der Waals surface area contributed by atoms with E-state index in [1.54, 1.807) is 41.3 Å². The topological polar surface area (TPSA) is 86.8 Å². The summed E-state index contributed by atoms with van der Waals surface area (Å²) in [5.74, 6) is -0.622. The summed E-state index contributed by atoms with van der Waals surface area (Å²) >= 11 is 0. The van der Waals surface area contributed by atoms with Gasteiger partial charge >= 0.3 is 0 Å². The molecule has 0 heterocycles. The van der Waals surface area contributed by atoms with Crippen LogP contribution < -0.4 is 9.62 Å². The molecule has 1 N–H and O–H groups in total. The van der Waals surface area contributed by atoms with E-state index in [-0.39, 0.29) is 23.4 Å². The van der Waals surface area contributed by atoms with Gasteiger partial charge in [-0.3, -0.25) is 13.9 Å². The van der Waals surface area contributed by atoms with Crippen LogP contribution >= 0.6 is 0 Å². The van der Waals surface area contributed by atoms with E-state index < -0.39 is 28.5 Å². The Morgan fingerprint density at radius 1 is 0.854 bits per heavy atom. The molecule has 0 radical (unpaired) electrons. The molecule has 1 aliphatic rings. The Kier molecular flexibility index (Phi) is 10.2. The molecule has 3 aromatic carbocycles. The molecule has 3 aromatic rings. The fraction of sp³-hybridized carbons (Fsp3) is 0.394. The van der Waals surface area contributed by atoms with E-state index in [1.807, 2.05) is 63.2 Å². The van der Waals surface area contributed by atoms with Gasteiger partial charge in [0.15, 0.2) is 0 Å². The van der Waals surface area contributed by atoms with Gasteiger partial charge in [0, 0.05) is 12.6 Å². The monoisotopic (exact) mass is 575 g/mol. The maximum atomic E-state index is 14.2. The van der Waals surface area contributed by atoms with Crippen LogP contribution in [0.4, 0.5) is 5.69 Å². The highest BCUT2D eigenvalue weighted by Crippen LogP contribution is 2.26. The SMILES string of the molecule is CC[C@H](C(=O)NC1CCCCC1)N(Cc1ccccc1)C(=O)CN(c1ccc(C)cc1)S(=O)(=O)c1ccc(C)cc1. The molecule has 4 rings (SSSR count). The molecular weight excluding hydrogens is 534 g/mol. The zero-order valence-corrected chi connectivity index (χ0v) is 25.1. The summed E-state index contributed by atoms with van der Waals surface area (Å²) in [5.41, 5.74) is 3.17. The first-order valence-electron chi connectivity index (χ1n) is 14.5. The Morgan fingerprint density at radius 2 is 1.44 bits per heavy atom. The largest absolute Gasteiger partial charge is 0.352 e. The first-order valence-corrected chi connectivity index (χ1v) is 15.9. The molecule has 2 amide bonds. The van der Waals surface area contributed by atoms with E-state index in [0.29, 0.717) is 12.1 Å². The van der Waals surface area contributed by atoms with Crippen LogP contribution in [0, 0.1) is 13.8 Å². The summed E-state index contributed by atoms with van der Waals surface area (Å²) in [6.45, 7) is 5.47. The molecule has 1 fully saturated rings. The maximum Gasteiger partial charge on any atom is 0.264 e. The number of benzene rings is 3. The molecule has 0 saturated heterocycles. The minimum Gasteiger partial charge on any atom is -0.352 e. The number of hydrogen-bond donors (Lipinski definition) is 1. The second-order valence-electron chi connectivity index (χ2n) is 10.9. The highest BCUT2D eigenvalue weighted by atomic mass is 32.2. The number of amides is 2. The number of nitrogens with zero attached hydrogens (tertiary/aromatic N) is 2. The average Bonchev–Trinajstić information content (AvgIpc) is 2.97. The fourth-order valence-electron chi connectivity index (χ4n) is 5.32. The summed E-state index contributed by atoms with van der Waals surface area (Å²) in [6.07, 6.45) is 5.61. The Bertz CT molecular complexity index is 1400. The van der Waals surface area contributed by atoms with E-state index in [4.69, 9.17) is 0 Å². The van der Waals surface area contributed by atoms with Crippen molar-refractivity contribution in [1.29, 1.82) is 0 Å². The molecule has 0 aromatic heterocycles. The van der Waals surface area contributed by atoms with Gasteiger partial charge in [-0.2, -0.15) is 0 Å². The summed E-state index contributed by atoms with van der Waals surface area (Å²) in [7, 11) is -4.08. The minimum absolute atomic E-state index is 0.102. The molecule has 0 spiro atoms. The molecule has 218 valence electrons. The predicted octanol–water partition coefficient (Wildman–Crippen LogP) is 5.76. The van der Waals surface area contributed by atoms with Crippen LogP contribution in [-0.4, -0.2) is 43.8 Å². The third-order valence-corrected chi connectivity index (χ3v) is 9.53. The number of aryl methyl sites for hydroxylation is 2. The fourth-order valence-corrected chi connectivity index (χ4v) is 6.74. The second kappa shape index (κ2) is 13.8. The summed E-state index contributed by atoms with van der Waals surface area (Å²) < 4.78 is 29.1. The Morgan fingerprint density at radius 3 is 2.02 bits per heavy atom. The van der Waals surface area contributed by atoms with Crippen LogP contribution in [0.15, 0.2) is 83.8 Å². The number of nitrogens with one attached hydrogen (secondary N) is 1. The second-order valence-corrected chi connectivity index (χ2v) is 12.8. The van der Waals surface area contributed by atoms with E-state index >= 15 is 0 Å². The zero-order valence-electron chi connectivity index (χ0n) is 24.3. The number of carbonyl (C=O) groups excluding carboxylic acids is 2. The van der Waals surface area contributed by atoms with E-state index in [1.165, 1.54) is 6.42 Å². The summed E-state index contributed by atoms with van der Waals surface area (Å²) in [5, 5.41) is 3.18. The van der Waals surface area contributed by atoms with Crippen molar-refractivity contribution in [3.8, 4) is 0 Å². The van der Waals surface area contributed by atoms with E-state index in [2.05, 4.69) is 5.32 Å². The highest BCUT2D eigenvalue weighted by Gasteiger charge is 2.34. The van der Waals surface area contributed by atoms with Gasteiger partial charge in [0.1, 0.15) is 12.6 Å². The van der Waals surface area contributed by atoms with Crippen molar-refractivity contribution < 1.29 is 18.0 Å². The standard InChI is InChI=1S/C33H41N3O4S/c1-4-31(33(38)34-28-13-9-6-10-14-28)35(23-27-11-7-5-8-12-27)32(37)24-36(29-19-15-25(2)16-20-29)41(39,40)30-21-17-26(3)18-22-30/h5,7-8,11-12,15-22,28,31H,4,6,9-10,13-14,23-24H2,1-3H3,(H,34,38)/t31-/m1/s1.